The van der Waals surface area contributed by atoms with Crippen LogP contribution in [0.3, 0.4) is 0 Å². The Morgan fingerprint density at radius 2 is 1.88 bits per heavy atom. The van der Waals surface area contributed by atoms with Crippen molar-refractivity contribution in [2.75, 3.05) is 0 Å². The van der Waals surface area contributed by atoms with Crippen molar-refractivity contribution in [2.45, 2.75) is 33.6 Å². The summed E-state index contributed by atoms with van der Waals surface area (Å²) in [5.74, 6) is 0.766. The van der Waals surface area contributed by atoms with E-state index in [4.69, 9.17) is 9.26 Å². The van der Waals surface area contributed by atoms with Crippen LogP contribution in [-0.4, -0.2) is 25.9 Å². The molecule has 0 saturated carbocycles. The number of nitrogens with zero attached hydrogens (tertiary/aromatic N) is 4. The molecule has 7 nitrogen and oxygen atoms in total. The first kappa shape index (κ1) is 16.9. The van der Waals surface area contributed by atoms with E-state index in [1.54, 1.807) is 35.9 Å². The van der Waals surface area contributed by atoms with Gasteiger partial charge in [0, 0.05) is 30.8 Å². The van der Waals surface area contributed by atoms with E-state index in [1.807, 2.05) is 27.8 Å². The van der Waals surface area contributed by atoms with Crippen molar-refractivity contribution >= 4 is 5.97 Å². The average molecular weight is 340 g/mol. The third-order valence-corrected chi connectivity index (χ3v) is 4.21. The summed E-state index contributed by atoms with van der Waals surface area (Å²) in [6.45, 7) is 7.40. The Balaban J connectivity index is 1.74. The Morgan fingerprint density at radius 1 is 1.20 bits per heavy atom. The predicted octanol–water partition coefficient (Wildman–Crippen LogP) is 3.10. The second kappa shape index (κ2) is 6.51. The number of rotatable bonds is 4. The molecule has 0 amide bonds. The molecule has 0 unspecified atom stereocenters. The summed E-state index contributed by atoms with van der Waals surface area (Å²) in [7, 11) is 1.86. The first-order valence-electron chi connectivity index (χ1n) is 7.99. The Bertz CT molecular complexity index is 909. The van der Waals surface area contributed by atoms with Crippen LogP contribution in [-0.2, 0) is 11.8 Å². The fraction of sp³-hybridized carbons (Fsp3) is 0.333. The lowest BCUT2D eigenvalue weighted by Crippen LogP contribution is -2.17. The minimum atomic E-state index is -0.395. The van der Waals surface area contributed by atoms with Gasteiger partial charge in [-0.3, -0.25) is 9.48 Å². The van der Waals surface area contributed by atoms with Crippen molar-refractivity contribution < 1.29 is 14.1 Å². The molecule has 1 aromatic carbocycles. The summed E-state index contributed by atoms with van der Waals surface area (Å²) in [5.41, 5.74) is 3.51. The van der Waals surface area contributed by atoms with E-state index in [0.29, 0.717) is 17.5 Å². The highest BCUT2D eigenvalue weighted by Crippen LogP contribution is 2.26. The topological polar surface area (TPSA) is 83.0 Å². The van der Waals surface area contributed by atoms with Gasteiger partial charge in [0.25, 0.3) is 0 Å². The molecule has 0 aliphatic rings. The van der Waals surface area contributed by atoms with Crippen molar-refractivity contribution in [1.29, 1.82) is 0 Å². The molecule has 0 saturated heterocycles. The fourth-order valence-electron chi connectivity index (χ4n) is 2.83. The van der Waals surface area contributed by atoms with Gasteiger partial charge in [0.2, 0.25) is 11.7 Å². The Morgan fingerprint density at radius 3 is 2.40 bits per heavy atom. The van der Waals surface area contributed by atoms with E-state index in [0.717, 1.165) is 22.5 Å². The summed E-state index contributed by atoms with van der Waals surface area (Å²) in [6, 6.07) is 7.01. The summed E-state index contributed by atoms with van der Waals surface area (Å²) in [5, 5.41) is 8.22. The van der Waals surface area contributed by atoms with Crippen LogP contribution in [0.1, 0.15) is 35.7 Å². The van der Waals surface area contributed by atoms with Gasteiger partial charge < -0.3 is 9.26 Å². The number of aryl methyl sites for hydroxylation is 3. The molecule has 2 heterocycles. The van der Waals surface area contributed by atoms with E-state index in [1.165, 1.54) is 0 Å². The van der Waals surface area contributed by atoms with Crippen LogP contribution in [0.25, 0.3) is 11.4 Å². The highest BCUT2D eigenvalue weighted by atomic mass is 16.5. The second-order valence-corrected chi connectivity index (χ2v) is 6.01. The van der Waals surface area contributed by atoms with E-state index in [2.05, 4.69) is 15.2 Å². The van der Waals surface area contributed by atoms with Crippen LogP contribution >= 0.6 is 0 Å². The molecule has 130 valence electrons. The molecule has 1 atom stereocenters. The molecule has 3 aromatic rings. The maximum atomic E-state index is 12.5. The van der Waals surface area contributed by atoms with Crippen molar-refractivity contribution in [3.63, 3.8) is 0 Å². The van der Waals surface area contributed by atoms with Crippen LogP contribution in [0.2, 0.25) is 0 Å². The number of carbonyl (C=O) groups excluding carboxylic acids is 1. The Labute approximate surface area is 145 Å². The van der Waals surface area contributed by atoms with E-state index >= 15 is 0 Å². The first-order chi connectivity index (χ1) is 11.9. The monoisotopic (exact) mass is 340 g/mol. The van der Waals surface area contributed by atoms with E-state index < -0.39 is 5.92 Å². The third-order valence-electron chi connectivity index (χ3n) is 4.21. The number of aromatic nitrogens is 4. The molecule has 0 bridgehead atoms. The molecule has 0 fully saturated rings. The van der Waals surface area contributed by atoms with Gasteiger partial charge in [0.05, 0.1) is 11.6 Å². The SMILES string of the molecule is Cc1nc(-c2ccc(OC(=O)[C@@H](C)c3c(C)nn(C)c3C)cc2)no1. The molecule has 7 heteroatoms. The van der Waals surface area contributed by atoms with Gasteiger partial charge >= 0.3 is 5.97 Å². The maximum Gasteiger partial charge on any atom is 0.318 e. The number of carbonyl (C=O) groups is 1. The van der Waals surface area contributed by atoms with Crippen molar-refractivity contribution in [1.82, 2.24) is 19.9 Å². The number of ether oxygens (including phenoxy) is 1. The lowest BCUT2D eigenvalue weighted by atomic mass is 9.99. The predicted molar refractivity (Wildman–Crippen MR) is 91.2 cm³/mol. The summed E-state index contributed by atoms with van der Waals surface area (Å²) >= 11 is 0. The zero-order valence-corrected chi connectivity index (χ0v) is 14.9. The van der Waals surface area contributed by atoms with Crippen LogP contribution < -0.4 is 4.74 Å². The molecule has 25 heavy (non-hydrogen) atoms. The summed E-state index contributed by atoms with van der Waals surface area (Å²) in [4.78, 5) is 16.7. The minimum Gasteiger partial charge on any atom is -0.426 e. The number of benzene rings is 1. The van der Waals surface area contributed by atoms with Gasteiger partial charge in [0.15, 0.2) is 0 Å². The van der Waals surface area contributed by atoms with Gasteiger partial charge in [-0.05, 0) is 45.0 Å². The first-order valence-corrected chi connectivity index (χ1v) is 7.99. The van der Waals surface area contributed by atoms with Crippen LogP contribution in [0.5, 0.6) is 5.75 Å². The van der Waals surface area contributed by atoms with Crippen molar-refractivity contribution in [3.8, 4) is 17.1 Å². The van der Waals surface area contributed by atoms with Gasteiger partial charge in [-0.15, -0.1) is 0 Å². The fourth-order valence-corrected chi connectivity index (χ4v) is 2.83. The Hall–Kier alpha value is -2.96. The van der Waals surface area contributed by atoms with Gasteiger partial charge in [-0.1, -0.05) is 5.16 Å². The standard InChI is InChI=1S/C18H20N4O3/c1-10(16-11(2)20-22(5)12(16)3)18(23)24-15-8-6-14(7-9-15)17-19-13(4)25-21-17/h6-10H,1-5H3/t10-/m0/s1. The molecule has 0 radical (unpaired) electrons. The van der Waals surface area contributed by atoms with Gasteiger partial charge in [-0.25, -0.2) is 0 Å². The second-order valence-electron chi connectivity index (χ2n) is 6.01. The average Bonchev–Trinajstić information content (AvgIpc) is 3.11. The molecule has 0 aliphatic carbocycles. The van der Waals surface area contributed by atoms with Gasteiger partial charge in [-0.2, -0.15) is 10.1 Å². The Kier molecular flexibility index (Phi) is 4.39. The highest BCUT2D eigenvalue weighted by Gasteiger charge is 2.24. The maximum absolute atomic E-state index is 12.5. The largest absolute Gasteiger partial charge is 0.426 e. The number of esters is 1. The van der Waals surface area contributed by atoms with E-state index in [9.17, 15) is 4.79 Å². The minimum absolute atomic E-state index is 0.317. The normalized spacial score (nSPS) is 12.2. The van der Waals surface area contributed by atoms with Crippen molar-refractivity contribution in [2.24, 2.45) is 7.05 Å². The van der Waals surface area contributed by atoms with Crippen LogP contribution in [0, 0.1) is 20.8 Å². The van der Waals surface area contributed by atoms with Gasteiger partial charge in [0.1, 0.15) is 5.75 Å². The summed E-state index contributed by atoms with van der Waals surface area (Å²) in [6.07, 6.45) is 0. The molecule has 0 N–H and O–H groups in total. The van der Waals surface area contributed by atoms with E-state index in [-0.39, 0.29) is 5.97 Å². The molecule has 3 rings (SSSR count). The zero-order valence-electron chi connectivity index (χ0n) is 14.9. The lowest BCUT2D eigenvalue weighted by Gasteiger charge is -2.12. The lowest BCUT2D eigenvalue weighted by molar-refractivity contribution is -0.135. The summed E-state index contributed by atoms with van der Waals surface area (Å²) < 4.78 is 12.2. The molecular formula is C18H20N4O3. The molecule has 2 aromatic heterocycles. The molecule has 0 spiro atoms. The highest BCUT2D eigenvalue weighted by molar-refractivity contribution is 5.80. The van der Waals surface area contributed by atoms with Crippen LogP contribution in [0.4, 0.5) is 0 Å². The quantitative estimate of drug-likeness (QED) is 0.536. The zero-order chi connectivity index (χ0) is 18.1. The van der Waals surface area contributed by atoms with Crippen molar-refractivity contribution in [3.05, 3.63) is 47.1 Å². The number of hydrogen-bond acceptors (Lipinski definition) is 6. The third kappa shape index (κ3) is 3.31. The molecule has 0 aliphatic heterocycles. The number of hydrogen-bond donors (Lipinski definition) is 0. The molecular weight excluding hydrogens is 320 g/mol. The smallest absolute Gasteiger partial charge is 0.318 e. The van der Waals surface area contributed by atoms with Crippen LogP contribution in [0.15, 0.2) is 28.8 Å².